The van der Waals surface area contributed by atoms with Gasteiger partial charge in [-0.05, 0) is 28.5 Å². The third kappa shape index (κ3) is 2.28. The molecule has 1 aliphatic carbocycles. The molecule has 0 saturated carbocycles. The summed E-state index contributed by atoms with van der Waals surface area (Å²) in [5.41, 5.74) is 3.03. The third-order valence-electron chi connectivity index (χ3n) is 5.69. The lowest BCUT2D eigenvalue weighted by Crippen LogP contribution is -2.39. The number of fused-ring (bicyclic) bond motifs is 3. The zero-order valence-electron chi connectivity index (χ0n) is 15.8. The van der Waals surface area contributed by atoms with E-state index in [1.807, 2.05) is 89.8 Å². The fourth-order valence-electron chi connectivity index (χ4n) is 4.11. The number of imidazole rings is 1. The number of hydrogen-bond donors (Lipinski definition) is 0. The van der Waals surface area contributed by atoms with E-state index in [-0.39, 0.29) is 11.6 Å². The van der Waals surface area contributed by atoms with Gasteiger partial charge in [0, 0.05) is 18.1 Å². The summed E-state index contributed by atoms with van der Waals surface area (Å²) < 4.78 is 3.81. The van der Waals surface area contributed by atoms with Crippen molar-refractivity contribution < 1.29 is 14.2 Å². The first-order valence-corrected chi connectivity index (χ1v) is 9.31. The lowest BCUT2D eigenvalue weighted by Gasteiger charge is -2.14. The number of carbonyl (C=O) groups is 2. The number of ketones is 2. The Morgan fingerprint density at radius 3 is 2.04 bits per heavy atom. The lowest BCUT2D eigenvalue weighted by atomic mass is 9.87. The van der Waals surface area contributed by atoms with E-state index in [0.717, 1.165) is 22.2 Å². The molecule has 0 radical (unpaired) electrons. The van der Waals surface area contributed by atoms with Crippen LogP contribution in [0.25, 0.3) is 10.8 Å². The molecule has 0 atom stereocenters. The molecule has 0 aliphatic heterocycles. The van der Waals surface area contributed by atoms with Crippen molar-refractivity contribution in [1.29, 1.82) is 0 Å². The highest BCUT2D eigenvalue weighted by Crippen LogP contribution is 2.30. The summed E-state index contributed by atoms with van der Waals surface area (Å²) in [6.45, 7) is 2.50. The first kappa shape index (κ1) is 16.6. The SMILES string of the molecule is Cc1n(Cc2ccccc2)c2c([n+]1C)C(=O)c1cc3ccccc3cc1C2=O. The second-order valence-corrected chi connectivity index (χ2v) is 7.28. The van der Waals surface area contributed by atoms with Crippen LogP contribution in [0.5, 0.6) is 0 Å². The predicted molar refractivity (Wildman–Crippen MR) is 107 cm³/mol. The molecule has 4 nitrogen and oxygen atoms in total. The summed E-state index contributed by atoms with van der Waals surface area (Å²) in [5, 5.41) is 1.93. The van der Waals surface area contributed by atoms with Crippen molar-refractivity contribution in [2.75, 3.05) is 0 Å². The quantitative estimate of drug-likeness (QED) is 0.448. The molecule has 3 aromatic carbocycles. The molecule has 0 saturated heterocycles. The molecule has 28 heavy (non-hydrogen) atoms. The Balaban J connectivity index is 1.74. The Bertz CT molecular complexity index is 1280. The molecule has 0 N–H and O–H groups in total. The minimum absolute atomic E-state index is 0.0880. The van der Waals surface area contributed by atoms with Gasteiger partial charge in [0.15, 0.2) is 0 Å². The van der Waals surface area contributed by atoms with Crippen LogP contribution in [0.15, 0.2) is 66.7 Å². The molecular formula is C24H19N2O2+. The van der Waals surface area contributed by atoms with Crippen molar-refractivity contribution in [3.05, 3.63) is 101 Å². The van der Waals surface area contributed by atoms with Crippen molar-refractivity contribution in [3.8, 4) is 0 Å². The molecule has 1 aliphatic rings. The minimum atomic E-state index is -0.0900. The van der Waals surface area contributed by atoms with Crippen molar-refractivity contribution in [2.24, 2.45) is 7.05 Å². The summed E-state index contributed by atoms with van der Waals surface area (Å²) in [4.78, 5) is 26.8. The van der Waals surface area contributed by atoms with E-state index in [9.17, 15) is 9.59 Å². The van der Waals surface area contributed by atoms with Crippen LogP contribution < -0.4 is 4.57 Å². The van der Waals surface area contributed by atoms with Gasteiger partial charge in [-0.2, -0.15) is 0 Å². The number of hydrogen-bond acceptors (Lipinski definition) is 2. The zero-order valence-corrected chi connectivity index (χ0v) is 15.8. The van der Waals surface area contributed by atoms with Crippen molar-refractivity contribution in [2.45, 2.75) is 13.5 Å². The van der Waals surface area contributed by atoms with E-state index >= 15 is 0 Å². The van der Waals surface area contributed by atoms with Gasteiger partial charge in [-0.15, -0.1) is 0 Å². The largest absolute Gasteiger partial charge is 0.284 e. The molecule has 136 valence electrons. The van der Waals surface area contributed by atoms with Gasteiger partial charge in [-0.1, -0.05) is 54.6 Å². The Morgan fingerprint density at radius 2 is 1.39 bits per heavy atom. The zero-order chi connectivity index (χ0) is 19.4. The second-order valence-electron chi connectivity index (χ2n) is 7.28. The number of rotatable bonds is 2. The first-order chi connectivity index (χ1) is 13.6. The molecule has 0 amide bonds. The topological polar surface area (TPSA) is 43.0 Å². The molecule has 0 unspecified atom stereocenters. The van der Waals surface area contributed by atoms with Crippen LogP contribution >= 0.6 is 0 Å². The van der Waals surface area contributed by atoms with Gasteiger partial charge in [0.2, 0.25) is 23.0 Å². The van der Waals surface area contributed by atoms with Crippen LogP contribution in [-0.2, 0) is 13.6 Å². The fraction of sp³-hybridized carbons (Fsp3) is 0.125. The highest BCUT2D eigenvalue weighted by atomic mass is 16.1. The van der Waals surface area contributed by atoms with E-state index in [2.05, 4.69) is 0 Å². The smallest absolute Gasteiger partial charge is 0.254 e. The highest BCUT2D eigenvalue weighted by Gasteiger charge is 2.42. The molecular weight excluding hydrogens is 348 g/mol. The maximum Gasteiger partial charge on any atom is 0.254 e. The Morgan fingerprint density at radius 1 is 0.821 bits per heavy atom. The number of carbonyl (C=O) groups excluding carboxylic acids is 2. The van der Waals surface area contributed by atoms with E-state index in [0.29, 0.717) is 29.1 Å². The van der Waals surface area contributed by atoms with Gasteiger partial charge in [-0.3, -0.25) is 9.59 Å². The Labute approximate surface area is 162 Å². The third-order valence-corrected chi connectivity index (χ3v) is 5.69. The van der Waals surface area contributed by atoms with Gasteiger partial charge >= 0.3 is 0 Å². The van der Waals surface area contributed by atoms with Crippen molar-refractivity contribution in [3.63, 3.8) is 0 Å². The standard InChI is InChI=1S/C24H19N2O2/c1-15-25(2)21-22(26(15)14-16-8-4-3-5-9-16)24(28)20-13-18-11-7-6-10-17(18)12-19(20)23(21)27/h3-13H,14H2,1-2H3/q+1. The molecule has 0 spiro atoms. The number of aromatic nitrogens is 2. The lowest BCUT2D eigenvalue weighted by molar-refractivity contribution is -0.679. The average Bonchev–Trinajstić information content (AvgIpc) is 2.97. The van der Waals surface area contributed by atoms with Crippen molar-refractivity contribution >= 4 is 22.3 Å². The van der Waals surface area contributed by atoms with Crippen molar-refractivity contribution in [1.82, 2.24) is 4.57 Å². The molecule has 5 rings (SSSR count). The van der Waals surface area contributed by atoms with Gasteiger partial charge < -0.3 is 0 Å². The molecule has 4 heteroatoms. The van der Waals surface area contributed by atoms with E-state index in [1.54, 1.807) is 0 Å². The van der Waals surface area contributed by atoms with Crippen LogP contribution in [-0.4, -0.2) is 16.1 Å². The summed E-state index contributed by atoms with van der Waals surface area (Å²) in [6.07, 6.45) is 0. The Hall–Kier alpha value is -3.53. The summed E-state index contributed by atoms with van der Waals surface area (Å²) in [6, 6.07) is 21.5. The van der Waals surface area contributed by atoms with Crippen LogP contribution in [0.4, 0.5) is 0 Å². The Kier molecular flexibility index (Phi) is 3.56. The average molecular weight is 367 g/mol. The van der Waals surface area contributed by atoms with Crippen LogP contribution in [0.3, 0.4) is 0 Å². The van der Waals surface area contributed by atoms with Crippen LogP contribution in [0, 0.1) is 6.92 Å². The monoisotopic (exact) mass is 367 g/mol. The van der Waals surface area contributed by atoms with E-state index < -0.39 is 0 Å². The predicted octanol–water partition coefficient (Wildman–Crippen LogP) is 3.60. The second kappa shape index (κ2) is 5.99. The van der Waals surface area contributed by atoms with Gasteiger partial charge in [-0.25, -0.2) is 9.13 Å². The molecule has 1 aromatic heterocycles. The summed E-state index contributed by atoms with van der Waals surface area (Å²) in [5.74, 6) is 0.704. The normalized spacial score (nSPS) is 12.9. The number of benzene rings is 3. The van der Waals surface area contributed by atoms with Crippen LogP contribution in [0.1, 0.15) is 43.5 Å². The molecule has 0 fully saturated rings. The van der Waals surface area contributed by atoms with Gasteiger partial charge in [0.05, 0.1) is 7.05 Å². The maximum absolute atomic E-state index is 13.5. The minimum Gasteiger partial charge on any atom is -0.284 e. The maximum atomic E-state index is 13.5. The summed E-state index contributed by atoms with van der Waals surface area (Å²) in [7, 11) is 1.85. The van der Waals surface area contributed by atoms with Gasteiger partial charge in [0.1, 0.15) is 6.54 Å². The number of nitrogens with zero attached hydrogens (tertiary/aromatic N) is 2. The molecule has 0 bridgehead atoms. The summed E-state index contributed by atoms with van der Waals surface area (Å²) >= 11 is 0. The van der Waals surface area contributed by atoms with E-state index in [4.69, 9.17) is 0 Å². The van der Waals surface area contributed by atoms with E-state index in [1.165, 1.54) is 0 Å². The van der Waals surface area contributed by atoms with Gasteiger partial charge in [0.25, 0.3) is 5.82 Å². The van der Waals surface area contributed by atoms with Crippen LogP contribution in [0.2, 0.25) is 0 Å². The highest BCUT2D eigenvalue weighted by molar-refractivity contribution is 6.27. The fourth-order valence-corrected chi connectivity index (χ4v) is 4.11. The molecule has 1 heterocycles. The first-order valence-electron chi connectivity index (χ1n) is 9.31. The molecule has 4 aromatic rings.